The summed E-state index contributed by atoms with van der Waals surface area (Å²) in [5.41, 5.74) is 4.71. The van der Waals surface area contributed by atoms with Gasteiger partial charge in [-0.3, -0.25) is 4.98 Å². The van der Waals surface area contributed by atoms with Crippen LogP contribution in [0.4, 0.5) is 5.69 Å². The van der Waals surface area contributed by atoms with E-state index in [0.29, 0.717) is 0 Å². The van der Waals surface area contributed by atoms with E-state index in [2.05, 4.69) is 59.1 Å². The number of hydrogen-bond acceptors (Lipinski definition) is 3. The van der Waals surface area contributed by atoms with Crippen molar-refractivity contribution in [2.24, 2.45) is 4.99 Å². The molecule has 2 aromatic heterocycles. The lowest BCUT2D eigenvalue weighted by Gasteiger charge is -2.06. The summed E-state index contributed by atoms with van der Waals surface area (Å²) in [6.45, 7) is 5.20. The Morgan fingerprint density at radius 1 is 1.13 bits per heavy atom. The van der Waals surface area contributed by atoms with E-state index < -0.39 is 0 Å². The summed E-state index contributed by atoms with van der Waals surface area (Å²) in [4.78, 5) is 10.3. The molecule has 0 saturated carbocycles. The monoisotopic (exact) mass is 323 g/mol. The van der Waals surface area contributed by atoms with Gasteiger partial charge in [0.05, 0.1) is 5.69 Å². The lowest BCUT2D eigenvalue weighted by atomic mass is 10.2. The molecule has 0 unspecified atom stereocenters. The first kappa shape index (κ1) is 15.7. The van der Waals surface area contributed by atoms with Crippen LogP contribution in [0, 0.1) is 6.92 Å². The van der Waals surface area contributed by atoms with Crippen LogP contribution in [-0.4, -0.2) is 9.55 Å². The maximum absolute atomic E-state index is 4.81. The Morgan fingerprint density at radius 2 is 1.96 bits per heavy atom. The van der Waals surface area contributed by atoms with E-state index in [4.69, 9.17) is 4.99 Å². The van der Waals surface area contributed by atoms with Crippen molar-refractivity contribution in [3.05, 3.63) is 75.8 Å². The number of pyridine rings is 1. The lowest BCUT2D eigenvalue weighted by molar-refractivity contribution is 0.650. The molecule has 0 fully saturated rings. The highest BCUT2D eigenvalue weighted by Gasteiger charge is 2.03. The van der Waals surface area contributed by atoms with Gasteiger partial charge < -0.3 is 4.57 Å². The Morgan fingerprint density at radius 3 is 2.65 bits per heavy atom. The molecule has 23 heavy (non-hydrogen) atoms. The van der Waals surface area contributed by atoms with Crippen LogP contribution in [0.3, 0.4) is 0 Å². The Bertz CT molecular complexity index is 814. The van der Waals surface area contributed by atoms with Crippen LogP contribution in [-0.2, 0) is 19.4 Å². The predicted molar refractivity (Wildman–Crippen MR) is 96.0 cm³/mol. The van der Waals surface area contributed by atoms with Gasteiger partial charge >= 0.3 is 0 Å². The molecule has 0 bridgehead atoms. The molecular formula is C19H21N3S. The minimum absolute atomic E-state index is 0.901. The fraction of sp³-hybridized carbons (Fsp3) is 0.263. The molecule has 0 atom stereocenters. The van der Waals surface area contributed by atoms with Gasteiger partial charge in [0.15, 0.2) is 4.80 Å². The van der Waals surface area contributed by atoms with Gasteiger partial charge in [0, 0.05) is 35.9 Å². The Hall–Kier alpha value is -2.20. The van der Waals surface area contributed by atoms with E-state index in [1.807, 2.05) is 18.3 Å². The highest BCUT2D eigenvalue weighted by Crippen LogP contribution is 2.13. The maximum atomic E-state index is 4.81. The van der Waals surface area contributed by atoms with Crippen molar-refractivity contribution in [3.8, 4) is 0 Å². The van der Waals surface area contributed by atoms with Crippen molar-refractivity contribution < 1.29 is 0 Å². The largest absolute Gasteiger partial charge is 0.321 e. The quantitative estimate of drug-likeness (QED) is 0.689. The van der Waals surface area contributed by atoms with Crippen molar-refractivity contribution in [2.45, 2.75) is 33.2 Å². The molecule has 0 amide bonds. The molecule has 1 aromatic carbocycles. The molecular weight excluding hydrogens is 302 g/mol. The summed E-state index contributed by atoms with van der Waals surface area (Å²) in [6, 6.07) is 14.5. The van der Waals surface area contributed by atoms with E-state index in [0.717, 1.165) is 35.6 Å². The van der Waals surface area contributed by atoms with Gasteiger partial charge in [0.25, 0.3) is 0 Å². The van der Waals surface area contributed by atoms with E-state index in [1.54, 1.807) is 11.3 Å². The Balaban J connectivity index is 1.84. The molecule has 3 rings (SSSR count). The molecule has 3 nitrogen and oxygen atoms in total. The second-order valence-electron chi connectivity index (χ2n) is 5.51. The zero-order valence-electron chi connectivity index (χ0n) is 13.6. The summed E-state index contributed by atoms with van der Waals surface area (Å²) < 4.78 is 2.27. The highest BCUT2D eigenvalue weighted by molar-refractivity contribution is 7.07. The molecule has 0 aliphatic heterocycles. The third-order valence-electron chi connectivity index (χ3n) is 3.88. The lowest BCUT2D eigenvalue weighted by Crippen LogP contribution is -2.17. The number of aryl methyl sites for hydroxylation is 3. The zero-order valence-corrected chi connectivity index (χ0v) is 14.4. The number of nitrogens with zero attached hydrogens (tertiary/aromatic N) is 3. The van der Waals surface area contributed by atoms with Crippen LogP contribution >= 0.6 is 11.3 Å². The molecule has 0 spiro atoms. The summed E-state index contributed by atoms with van der Waals surface area (Å²) in [7, 11) is 0. The Kier molecular flexibility index (Phi) is 5.03. The van der Waals surface area contributed by atoms with E-state index in [-0.39, 0.29) is 0 Å². The second-order valence-corrected chi connectivity index (χ2v) is 6.35. The predicted octanol–water partition coefficient (Wildman–Crippen LogP) is 4.29. The fourth-order valence-corrected chi connectivity index (χ4v) is 3.39. The average Bonchev–Trinajstić information content (AvgIpc) is 2.94. The standard InChI is InChI=1S/C19H21N3S/c1-3-16-7-9-18(10-8-16)21-19-22(15(2)14-23-19)13-11-17-6-4-5-12-20-17/h4-10,12,14H,3,11,13H2,1-2H3. The number of thiazole rings is 1. The molecule has 118 valence electrons. The summed E-state index contributed by atoms with van der Waals surface area (Å²) in [5, 5.41) is 2.16. The SMILES string of the molecule is CCc1ccc(N=c2scc(C)n2CCc2ccccn2)cc1. The van der Waals surface area contributed by atoms with Crippen molar-refractivity contribution in [3.63, 3.8) is 0 Å². The maximum Gasteiger partial charge on any atom is 0.190 e. The molecule has 2 heterocycles. The minimum atomic E-state index is 0.901. The molecule has 0 saturated heterocycles. The van der Waals surface area contributed by atoms with Crippen molar-refractivity contribution in [2.75, 3.05) is 0 Å². The van der Waals surface area contributed by atoms with Gasteiger partial charge in [-0.05, 0) is 43.2 Å². The van der Waals surface area contributed by atoms with Crippen molar-refractivity contribution in [1.82, 2.24) is 9.55 Å². The smallest absolute Gasteiger partial charge is 0.190 e. The van der Waals surface area contributed by atoms with Crippen molar-refractivity contribution >= 4 is 17.0 Å². The topological polar surface area (TPSA) is 30.2 Å². The van der Waals surface area contributed by atoms with Gasteiger partial charge in [0.1, 0.15) is 0 Å². The molecule has 0 aliphatic carbocycles. The minimum Gasteiger partial charge on any atom is -0.321 e. The van der Waals surface area contributed by atoms with Crippen LogP contribution in [0.15, 0.2) is 59.0 Å². The summed E-state index contributed by atoms with van der Waals surface area (Å²) in [6.07, 6.45) is 3.82. The van der Waals surface area contributed by atoms with Crippen LogP contribution < -0.4 is 4.80 Å². The van der Waals surface area contributed by atoms with E-state index >= 15 is 0 Å². The third-order valence-corrected chi connectivity index (χ3v) is 4.86. The number of hydrogen-bond donors (Lipinski definition) is 0. The van der Waals surface area contributed by atoms with Crippen LogP contribution in [0.1, 0.15) is 23.9 Å². The molecule has 4 heteroatoms. The fourth-order valence-electron chi connectivity index (χ4n) is 2.46. The first-order valence-electron chi connectivity index (χ1n) is 7.95. The number of rotatable bonds is 5. The van der Waals surface area contributed by atoms with Gasteiger partial charge in [-0.25, -0.2) is 4.99 Å². The van der Waals surface area contributed by atoms with Gasteiger partial charge in [-0.1, -0.05) is 25.1 Å². The average molecular weight is 323 g/mol. The normalized spacial score (nSPS) is 11.8. The number of benzene rings is 1. The molecule has 0 aliphatic rings. The molecule has 0 radical (unpaired) electrons. The summed E-state index contributed by atoms with van der Waals surface area (Å²) in [5.74, 6) is 0. The highest BCUT2D eigenvalue weighted by atomic mass is 32.1. The third kappa shape index (κ3) is 3.96. The first-order valence-corrected chi connectivity index (χ1v) is 8.82. The van der Waals surface area contributed by atoms with Crippen LogP contribution in [0.25, 0.3) is 0 Å². The van der Waals surface area contributed by atoms with Crippen LogP contribution in [0.5, 0.6) is 0 Å². The van der Waals surface area contributed by atoms with E-state index in [9.17, 15) is 0 Å². The Labute approximate surface area is 141 Å². The molecule has 3 aromatic rings. The summed E-state index contributed by atoms with van der Waals surface area (Å²) >= 11 is 1.69. The van der Waals surface area contributed by atoms with Gasteiger partial charge in [-0.2, -0.15) is 0 Å². The number of aromatic nitrogens is 2. The second kappa shape index (κ2) is 7.38. The van der Waals surface area contributed by atoms with E-state index in [1.165, 1.54) is 11.3 Å². The zero-order chi connectivity index (χ0) is 16.1. The van der Waals surface area contributed by atoms with Crippen molar-refractivity contribution in [1.29, 1.82) is 0 Å². The molecule has 0 N–H and O–H groups in total. The van der Waals surface area contributed by atoms with Gasteiger partial charge in [0.2, 0.25) is 0 Å². The first-order chi connectivity index (χ1) is 11.3. The van der Waals surface area contributed by atoms with Crippen LogP contribution in [0.2, 0.25) is 0 Å². The van der Waals surface area contributed by atoms with Gasteiger partial charge in [-0.15, -0.1) is 11.3 Å².